The smallest absolute Gasteiger partial charge is 0.423 e. The highest BCUT2D eigenvalue weighted by molar-refractivity contribution is 9.15. The van der Waals surface area contributed by atoms with Crippen LogP contribution in [0.3, 0.4) is 0 Å². The molecule has 15 aromatic carbocycles. The molecule has 0 bridgehead atoms. The van der Waals surface area contributed by atoms with Crippen LogP contribution in [0.1, 0.15) is 18.6 Å². The minimum Gasteiger partial charge on any atom is -0.423 e. The molecule has 0 radical (unpaired) electrons. The van der Waals surface area contributed by atoms with Gasteiger partial charge in [0.15, 0.2) is 16.1 Å². The Morgan fingerprint density at radius 3 is 0.906 bits per heavy atom. The van der Waals surface area contributed by atoms with Crippen LogP contribution in [-0.4, -0.2) is 46.7 Å². The molecule has 0 fully saturated rings. The molecule has 19 rings (SSSR count). The molecular weight excluding hydrogens is 1330 g/mol. The fourth-order valence-electron chi connectivity index (χ4n) is 16.3. The Hall–Kier alpha value is -9.67. The zero-order chi connectivity index (χ0) is 63.8. The lowest BCUT2D eigenvalue weighted by atomic mass is 9.36. The first-order chi connectivity index (χ1) is 46.8. The normalized spacial score (nSPS) is 14.3. The summed E-state index contributed by atoms with van der Waals surface area (Å²) in [5.41, 5.74) is 24.8. The van der Waals surface area contributed by atoms with Crippen molar-refractivity contribution in [3.63, 3.8) is 0 Å². The number of hydrogen-bond acceptors (Lipinski definition) is 2. The maximum atomic E-state index is 9.44. The van der Waals surface area contributed by atoms with Gasteiger partial charge in [-0.3, -0.25) is 0 Å². The van der Waals surface area contributed by atoms with Crippen molar-refractivity contribution >= 4 is 203 Å². The Morgan fingerprint density at radius 1 is 0.271 bits per heavy atom. The summed E-state index contributed by atoms with van der Waals surface area (Å²) in [5, 5.41) is 39.3. The van der Waals surface area contributed by atoms with Crippen molar-refractivity contribution in [1.82, 2.24) is 0 Å². The third-order valence-electron chi connectivity index (χ3n) is 20.3. The number of benzene rings is 15. The van der Waals surface area contributed by atoms with Crippen LogP contribution in [0.5, 0.6) is 0 Å². The average molecular weight is 1390 g/mol. The highest BCUT2D eigenvalue weighted by Crippen LogP contribution is 2.47. The van der Waals surface area contributed by atoms with Gasteiger partial charge in [-0.15, -0.1) is 0 Å². The van der Waals surface area contributed by atoms with Crippen LogP contribution in [0.15, 0.2) is 353 Å². The highest BCUT2D eigenvalue weighted by Gasteiger charge is 2.49. The summed E-state index contributed by atoms with van der Waals surface area (Å²) in [6.45, 7) is 0.477. The molecule has 0 saturated heterocycles. The lowest BCUT2D eigenvalue weighted by Crippen LogP contribution is -2.77. The Bertz CT molecular complexity index is 5480. The van der Waals surface area contributed by atoms with E-state index < -0.39 is 23.3 Å². The zero-order valence-electron chi connectivity index (χ0n) is 51.8. The first-order valence-electron chi connectivity index (χ1n) is 32.6. The number of rotatable bonds is 5. The van der Waals surface area contributed by atoms with Gasteiger partial charge >= 0.3 is 7.12 Å². The van der Waals surface area contributed by atoms with Crippen molar-refractivity contribution in [2.24, 2.45) is 0 Å². The van der Waals surface area contributed by atoms with E-state index >= 15 is 0 Å². The van der Waals surface area contributed by atoms with E-state index in [0.29, 0.717) is 12.2 Å². The molecule has 15 aromatic rings. The van der Waals surface area contributed by atoms with Gasteiger partial charge in [0, 0.05) is 8.96 Å². The third-order valence-corrected chi connectivity index (χ3v) is 31.4. The van der Waals surface area contributed by atoms with Gasteiger partial charge in [0.25, 0.3) is 0 Å². The minimum absolute atomic E-state index is 0. The number of halogens is 2. The molecule has 0 amide bonds. The summed E-state index contributed by atoms with van der Waals surface area (Å²) in [6, 6.07) is 117. The summed E-state index contributed by atoms with van der Waals surface area (Å²) in [4.78, 5) is 0. The molecule has 4 heterocycles. The van der Waals surface area contributed by atoms with Crippen LogP contribution in [-0.2, 0) is 0 Å². The summed E-state index contributed by atoms with van der Waals surface area (Å²) < 4.78 is 2.35. The predicted octanol–water partition coefficient (Wildman–Crippen LogP) is 14.0. The van der Waals surface area contributed by atoms with Gasteiger partial charge in [0.05, 0.1) is 0 Å². The van der Waals surface area contributed by atoms with Crippen molar-refractivity contribution in [3.05, 3.63) is 364 Å². The van der Waals surface area contributed by atoms with Crippen molar-refractivity contribution in [1.29, 1.82) is 0 Å². The quantitative estimate of drug-likeness (QED) is 0.133. The average Bonchev–Trinajstić information content (AvgIpc) is 1.46. The van der Waals surface area contributed by atoms with E-state index in [-0.39, 0.29) is 14.1 Å². The number of fused-ring (bicyclic) bond motifs is 17. The fourth-order valence-corrected chi connectivity index (χ4v) is 28.0. The molecular formula is C87H63B3Br2O2Si2. The van der Waals surface area contributed by atoms with E-state index in [4.69, 9.17) is 0 Å². The van der Waals surface area contributed by atoms with Crippen LogP contribution in [0, 0.1) is 0 Å². The number of hydrogen-bond donors (Lipinski definition) is 2. The summed E-state index contributed by atoms with van der Waals surface area (Å²) in [5.74, 6) is 0. The van der Waals surface area contributed by atoms with Crippen LogP contribution in [0.2, 0.25) is 0 Å². The largest absolute Gasteiger partial charge is 0.489 e. The molecule has 96 heavy (non-hydrogen) atoms. The monoisotopic (exact) mass is 1390 g/mol. The first-order valence-corrected chi connectivity index (χ1v) is 38.4. The molecule has 0 atom stereocenters. The molecule has 9 heteroatoms. The van der Waals surface area contributed by atoms with Crippen molar-refractivity contribution < 1.29 is 10.0 Å². The van der Waals surface area contributed by atoms with Crippen molar-refractivity contribution in [2.45, 2.75) is 7.43 Å². The second-order valence-electron chi connectivity index (χ2n) is 25.4. The van der Waals surface area contributed by atoms with E-state index in [1.54, 1.807) is 0 Å². The standard InChI is InChI=1S/C50H33BSi.C22H15BBr2Si.C14H11BO2.CH4/c1-2-18-36(19-3-1)51-47-26-12-14-28-49(47)52(50-29-15-13-27-48(50)51)32-45(43-30-34-16-4-6-20-37(34)39-22-8-10-24-41(39)43)46(33-52)44-31-35-17-5-7-21-38(35)40-23-9-11-25-42(40)44;24-19-14-26(15-20(19)25)21-12-6-4-10-17(21)23(16-8-2-1-3-9-16)18-11-5-7-13-22(18)26;16-15(17)14-9-10-5-1-2-6-11(10)12-7-3-4-8-13(12)14;/h1-33H;1-15H;1-9,16-17H;1H4. The lowest BCUT2D eigenvalue weighted by molar-refractivity contribution is 0.426. The topological polar surface area (TPSA) is 40.5 Å². The van der Waals surface area contributed by atoms with Gasteiger partial charge in [-0.2, -0.15) is 0 Å². The molecule has 4 aliphatic rings. The minimum atomic E-state index is -2.66. The van der Waals surface area contributed by atoms with Crippen molar-refractivity contribution in [2.75, 3.05) is 0 Å². The summed E-state index contributed by atoms with van der Waals surface area (Å²) >= 11 is 7.52. The molecule has 0 aliphatic carbocycles. The third kappa shape index (κ3) is 10.1. The van der Waals surface area contributed by atoms with E-state index in [1.807, 2.05) is 54.6 Å². The van der Waals surface area contributed by atoms with Gasteiger partial charge in [-0.1, -0.05) is 425 Å². The predicted molar refractivity (Wildman–Crippen MR) is 429 cm³/mol. The second kappa shape index (κ2) is 25.2. The van der Waals surface area contributed by atoms with Gasteiger partial charge in [0.1, 0.15) is 0 Å². The molecule has 2 spiro atoms. The van der Waals surface area contributed by atoms with E-state index in [9.17, 15) is 10.0 Å². The Kier molecular flexibility index (Phi) is 16.0. The Morgan fingerprint density at radius 2 is 0.542 bits per heavy atom. The van der Waals surface area contributed by atoms with Gasteiger partial charge in [-0.25, -0.2) is 0 Å². The lowest BCUT2D eigenvalue weighted by Gasteiger charge is -2.37. The SMILES string of the molecule is BrC1=C[Si]2(C=C1Br)c1ccccc1B(c1ccccc1)c1ccccc12.C.C1=C(c2cc3ccccc3c3ccccc23)C(c2cc3ccccc3c3ccccc23)=C[Si]12c1ccccc1B(c1ccccc1)c1ccccc12.OB(O)c1cc2ccccc2c2ccccc12. The summed E-state index contributed by atoms with van der Waals surface area (Å²) in [6.07, 6.45) is 0. The van der Waals surface area contributed by atoms with Gasteiger partial charge in [-0.05, 0) is 105 Å². The van der Waals surface area contributed by atoms with Gasteiger partial charge in [0.2, 0.25) is 13.4 Å². The molecule has 2 N–H and O–H groups in total. The summed E-state index contributed by atoms with van der Waals surface area (Å²) in [7, 11) is -6.18. The van der Waals surface area contributed by atoms with E-state index in [0.717, 1.165) is 21.5 Å². The maximum Gasteiger partial charge on any atom is 0.489 e. The maximum absolute atomic E-state index is 9.44. The molecule has 0 saturated carbocycles. The highest BCUT2D eigenvalue weighted by atomic mass is 79.9. The zero-order valence-corrected chi connectivity index (χ0v) is 57.0. The van der Waals surface area contributed by atoms with Crippen molar-refractivity contribution in [3.8, 4) is 0 Å². The first kappa shape index (κ1) is 61.2. The molecule has 0 unspecified atom stereocenters. The second-order valence-corrected chi connectivity index (χ2v) is 33.9. The number of allylic oxidation sites excluding steroid dienone is 4. The fraction of sp³-hybridized carbons (Fsp3) is 0.0115. The van der Waals surface area contributed by atoms with Gasteiger partial charge < -0.3 is 10.0 Å². The molecule has 454 valence electrons. The Labute approximate surface area is 580 Å². The molecule has 2 nitrogen and oxygen atoms in total. The van der Waals surface area contributed by atoms with Crippen LogP contribution in [0.25, 0.3) is 75.8 Å². The van der Waals surface area contributed by atoms with E-state index in [1.165, 1.54) is 128 Å². The van der Waals surface area contributed by atoms with Crippen LogP contribution < -0.4 is 59.0 Å². The van der Waals surface area contributed by atoms with E-state index in [2.05, 4.69) is 322 Å². The molecule has 4 aliphatic heterocycles. The Balaban J connectivity index is 0.000000136. The van der Waals surface area contributed by atoms with Crippen LogP contribution >= 0.6 is 31.9 Å². The molecule has 0 aromatic heterocycles. The van der Waals surface area contributed by atoms with Crippen LogP contribution in [0.4, 0.5) is 0 Å².